The maximum Gasteiger partial charge on any atom is 0.0143 e. The van der Waals surface area contributed by atoms with Crippen LogP contribution in [0.25, 0.3) is 0 Å². The Kier molecular flexibility index (Phi) is 8.60. The highest BCUT2D eigenvalue weighted by molar-refractivity contribution is 5.23. The summed E-state index contributed by atoms with van der Waals surface area (Å²) in [5.74, 6) is 1.13. The molecule has 0 bridgehead atoms. The van der Waals surface area contributed by atoms with E-state index >= 15 is 0 Å². The second-order valence-corrected chi connectivity index (χ2v) is 6.12. The van der Waals surface area contributed by atoms with Crippen molar-refractivity contribution in [1.29, 1.82) is 0 Å². The first-order valence-corrected chi connectivity index (χ1v) is 7.98. The molecule has 0 aliphatic rings. The number of rotatable bonds is 8. The summed E-state index contributed by atoms with van der Waals surface area (Å²) in [6.45, 7) is 21.1. The Labute approximate surface area is 127 Å². The standard InChI is InChI=1S/C19H35N/c1-10-14(3)15(4)12-13-16(5)17(6)18(7)19(8)20(9)11-2/h12,14,17H,5,10-11,13H2,1-4,6-9H3/b15-12-,19-18+. The normalized spacial score (nSPS) is 16.5. The molecule has 0 aromatic carbocycles. The van der Waals surface area contributed by atoms with Crippen LogP contribution in [0.1, 0.15) is 61.3 Å². The monoisotopic (exact) mass is 277 g/mol. The molecular formula is C19H35N. The molecule has 0 saturated carbocycles. The van der Waals surface area contributed by atoms with Crippen LogP contribution < -0.4 is 0 Å². The summed E-state index contributed by atoms with van der Waals surface area (Å²) >= 11 is 0. The van der Waals surface area contributed by atoms with E-state index in [2.05, 4.69) is 73.1 Å². The van der Waals surface area contributed by atoms with E-state index in [9.17, 15) is 0 Å². The van der Waals surface area contributed by atoms with E-state index in [0.29, 0.717) is 11.8 Å². The zero-order valence-electron chi connectivity index (χ0n) is 15.0. The minimum absolute atomic E-state index is 0.449. The van der Waals surface area contributed by atoms with E-state index in [1.54, 1.807) is 0 Å². The molecule has 1 heteroatoms. The quantitative estimate of drug-likeness (QED) is 0.506. The van der Waals surface area contributed by atoms with Crippen molar-refractivity contribution in [2.75, 3.05) is 13.6 Å². The molecule has 1 nitrogen and oxygen atoms in total. The Morgan fingerprint density at radius 1 is 1.15 bits per heavy atom. The van der Waals surface area contributed by atoms with Gasteiger partial charge in [-0.25, -0.2) is 0 Å². The fourth-order valence-corrected chi connectivity index (χ4v) is 2.15. The lowest BCUT2D eigenvalue weighted by atomic mass is 9.89. The lowest BCUT2D eigenvalue weighted by Gasteiger charge is -2.24. The first-order valence-electron chi connectivity index (χ1n) is 7.98. The third-order valence-electron chi connectivity index (χ3n) is 4.96. The van der Waals surface area contributed by atoms with Gasteiger partial charge in [-0.15, -0.1) is 0 Å². The zero-order chi connectivity index (χ0) is 15.9. The van der Waals surface area contributed by atoms with Gasteiger partial charge in [-0.2, -0.15) is 0 Å². The van der Waals surface area contributed by atoms with E-state index in [0.717, 1.165) is 13.0 Å². The van der Waals surface area contributed by atoms with Gasteiger partial charge in [0.05, 0.1) is 0 Å². The van der Waals surface area contributed by atoms with Crippen LogP contribution in [-0.4, -0.2) is 18.5 Å². The Balaban J connectivity index is 4.80. The van der Waals surface area contributed by atoms with Crippen LogP contribution >= 0.6 is 0 Å². The van der Waals surface area contributed by atoms with E-state index in [1.807, 2.05) is 0 Å². The highest BCUT2D eigenvalue weighted by Crippen LogP contribution is 2.26. The van der Waals surface area contributed by atoms with Crippen molar-refractivity contribution in [3.05, 3.63) is 35.1 Å². The summed E-state index contributed by atoms with van der Waals surface area (Å²) in [4.78, 5) is 2.30. The average molecular weight is 277 g/mol. The van der Waals surface area contributed by atoms with Gasteiger partial charge in [0.2, 0.25) is 0 Å². The maximum atomic E-state index is 4.30. The molecule has 0 radical (unpaired) electrons. The summed E-state index contributed by atoms with van der Waals surface area (Å²) in [7, 11) is 2.15. The SMILES string of the molecule is C=C(C/C=C(/C)C(C)CC)C(C)/C(C)=C(\C)N(C)CC. The molecule has 0 amide bonds. The number of hydrogen-bond donors (Lipinski definition) is 0. The molecule has 2 atom stereocenters. The third-order valence-corrected chi connectivity index (χ3v) is 4.96. The van der Waals surface area contributed by atoms with Gasteiger partial charge in [0.15, 0.2) is 0 Å². The minimum Gasteiger partial charge on any atom is -0.378 e. The molecule has 0 heterocycles. The summed E-state index contributed by atoms with van der Waals surface area (Å²) in [5.41, 5.74) is 5.62. The fraction of sp³-hybridized carbons (Fsp3) is 0.684. The lowest BCUT2D eigenvalue weighted by Crippen LogP contribution is -2.18. The predicted molar refractivity (Wildman–Crippen MR) is 92.8 cm³/mol. The zero-order valence-corrected chi connectivity index (χ0v) is 15.0. The first kappa shape index (κ1) is 19.0. The molecule has 0 rings (SSSR count). The van der Waals surface area contributed by atoms with Crippen molar-refractivity contribution >= 4 is 0 Å². The van der Waals surface area contributed by atoms with Crippen LogP contribution in [0.2, 0.25) is 0 Å². The molecule has 2 unspecified atom stereocenters. The van der Waals surface area contributed by atoms with E-state index in [-0.39, 0.29) is 0 Å². The van der Waals surface area contributed by atoms with Gasteiger partial charge in [-0.05, 0) is 57.9 Å². The molecule has 0 aliphatic carbocycles. The van der Waals surface area contributed by atoms with Gasteiger partial charge in [0.1, 0.15) is 0 Å². The predicted octanol–water partition coefficient (Wildman–Crippen LogP) is 5.81. The Hall–Kier alpha value is -0.980. The summed E-state index contributed by atoms with van der Waals surface area (Å²) in [6, 6.07) is 0. The van der Waals surface area contributed by atoms with E-state index < -0.39 is 0 Å². The van der Waals surface area contributed by atoms with Crippen LogP contribution in [0, 0.1) is 11.8 Å². The second-order valence-electron chi connectivity index (χ2n) is 6.12. The molecule has 0 N–H and O–H groups in total. The molecule has 20 heavy (non-hydrogen) atoms. The molecule has 0 aromatic rings. The number of allylic oxidation sites excluding steroid dienone is 5. The van der Waals surface area contributed by atoms with Crippen molar-refractivity contribution < 1.29 is 0 Å². The van der Waals surface area contributed by atoms with Crippen molar-refractivity contribution in [1.82, 2.24) is 4.90 Å². The summed E-state index contributed by atoms with van der Waals surface area (Å²) < 4.78 is 0. The smallest absolute Gasteiger partial charge is 0.0143 e. The molecule has 116 valence electrons. The number of hydrogen-bond acceptors (Lipinski definition) is 1. The molecule has 0 fully saturated rings. The van der Waals surface area contributed by atoms with Crippen molar-refractivity contribution in [3.63, 3.8) is 0 Å². The number of nitrogens with zero attached hydrogens (tertiary/aromatic N) is 1. The van der Waals surface area contributed by atoms with Gasteiger partial charge in [0.25, 0.3) is 0 Å². The van der Waals surface area contributed by atoms with Crippen LogP contribution in [0.4, 0.5) is 0 Å². The van der Waals surface area contributed by atoms with Gasteiger partial charge < -0.3 is 4.90 Å². The van der Waals surface area contributed by atoms with Crippen molar-refractivity contribution in [2.45, 2.75) is 61.3 Å². The average Bonchev–Trinajstić information content (AvgIpc) is 2.47. The highest BCUT2D eigenvalue weighted by atomic mass is 15.1. The van der Waals surface area contributed by atoms with Gasteiger partial charge >= 0.3 is 0 Å². The van der Waals surface area contributed by atoms with Gasteiger partial charge in [0, 0.05) is 19.3 Å². The van der Waals surface area contributed by atoms with Crippen LogP contribution in [-0.2, 0) is 0 Å². The van der Waals surface area contributed by atoms with Gasteiger partial charge in [-0.3, -0.25) is 0 Å². The maximum absolute atomic E-state index is 4.30. The first-order chi connectivity index (χ1) is 9.26. The highest BCUT2D eigenvalue weighted by Gasteiger charge is 2.12. The van der Waals surface area contributed by atoms with E-state index in [1.165, 1.54) is 28.8 Å². The Morgan fingerprint density at radius 3 is 2.15 bits per heavy atom. The van der Waals surface area contributed by atoms with E-state index in [4.69, 9.17) is 0 Å². The third kappa shape index (κ3) is 5.56. The molecular weight excluding hydrogens is 242 g/mol. The molecule has 0 saturated heterocycles. The molecule has 0 aromatic heterocycles. The van der Waals surface area contributed by atoms with Gasteiger partial charge in [-0.1, -0.05) is 44.6 Å². The van der Waals surface area contributed by atoms with Crippen LogP contribution in [0.3, 0.4) is 0 Å². The Morgan fingerprint density at radius 2 is 1.70 bits per heavy atom. The van der Waals surface area contributed by atoms with Crippen molar-refractivity contribution in [3.8, 4) is 0 Å². The fourth-order valence-electron chi connectivity index (χ4n) is 2.15. The topological polar surface area (TPSA) is 3.24 Å². The van der Waals surface area contributed by atoms with Crippen molar-refractivity contribution in [2.24, 2.45) is 11.8 Å². The lowest BCUT2D eigenvalue weighted by molar-refractivity contribution is 0.432. The second kappa shape index (κ2) is 9.05. The minimum atomic E-state index is 0.449. The molecule has 0 spiro atoms. The van der Waals surface area contributed by atoms with Crippen LogP contribution in [0.5, 0.6) is 0 Å². The van der Waals surface area contributed by atoms with Crippen LogP contribution in [0.15, 0.2) is 35.1 Å². The summed E-state index contributed by atoms with van der Waals surface area (Å²) in [5, 5.41) is 0. The summed E-state index contributed by atoms with van der Waals surface area (Å²) in [6.07, 6.45) is 4.57. The Bertz CT molecular complexity index is 373. The molecule has 0 aliphatic heterocycles. The largest absolute Gasteiger partial charge is 0.378 e.